The van der Waals surface area contributed by atoms with Gasteiger partial charge in [-0.15, -0.1) is 0 Å². The Morgan fingerprint density at radius 1 is 1.32 bits per heavy atom. The molecule has 0 amide bonds. The van der Waals surface area contributed by atoms with Crippen LogP contribution in [-0.4, -0.2) is 23.9 Å². The van der Waals surface area contributed by atoms with Crippen molar-refractivity contribution in [2.45, 2.75) is 34.1 Å². The molecule has 0 aliphatic carbocycles. The molecule has 19 heavy (non-hydrogen) atoms. The lowest BCUT2D eigenvalue weighted by Crippen LogP contribution is -2.31. The molecular weight excluding hydrogens is 236 g/mol. The van der Waals surface area contributed by atoms with Crippen molar-refractivity contribution in [2.24, 2.45) is 5.41 Å². The molecule has 0 bridgehead atoms. The number of ketones is 1. The van der Waals surface area contributed by atoms with Gasteiger partial charge in [-0.1, -0.05) is 32.4 Å². The van der Waals surface area contributed by atoms with Crippen molar-refractivity contribution in [3.05, 3.63) is 35.5 Å². The van der Waals surface area contributed by atoms with E-state index in [2.05, 4.69) is 36.7 Å². The van der Waals surface area contributed by atoms with Crippen LogP contribution in [0.1, 0.15) is 44.5 Å². The lowest BCUT2D eigenvalue weighted by atomic mass is 9.83. The number of anilines is 1. The van der Waals surface area contributed by atoms with Crippen LogP contribution in [0, 0.1) is 5.41 Å². The van der Waals surface area contributed by atoms with Crippen molar-refractivity contribution in [1.29, 1.82) is 0 Å². The van der Waals surface area contributed by atoms with E-state index < -0.39 is 0 Å². The van der Waals surface area contributed by atoms with Crippen molar-refractivity contribution in [1.82, 2.24) is 4.98 Å². The molecule has 1 aromatic rings. The first-order valence-corrected chi connectivity index (χ1v) is 6.79. The number of rotatable bonds is 2. The Bertz CT molecular complexity index is 494. The van der Waals surface area contributed by atoms with Crippen LogP contribution in [0.4, 0.5) is 5.82 Å². The van der Waals surface area contributed by atoms with Crippen LogP contribution in [0.5, 0.6) is 0 Å². The Balaban J connectivity index is 2.09. The van der Waals surface area contributed by atoms with Gasteiger partial charge in [-0.05, 0) is 30.9 Å². The molecule has 2 heterocycles. The number of aromatic nitrogens is 1. The topological polar surface area (TPSA) is 33.2 Å². The van der Waals surface area contributed by atoms with Gasteiger partial charge in [0.05, 0.1) is 0 Å². The smallest absolute Gasteiger partial charge is 0.161 e. The number of carbonyl (C=O) groups is 1. The van der Waals surface area contributed by atoms with Gasteiger partial charge in [0, 0.05) is 24.8 Å². The average molecular weight is 258 g/mol. The molecule has 2 rings (SSSR count). The zero-order valence-electron chi connectivity index (χ0n) is 12.2. The summed E-state index contributed by atoms with van der Waals surface area (Å²) in [6.07, 6.45) is 5.06. The maximum Gasteiger partial charge on any atom is 0.161 e. The highest BCUT2D eigenvalue weighted by Gasteiger charge is 2.21. The first-order valence-electron chi connectivity index (χ1n) is 6.79. The van der Waals surface area contributed by atoms with Crippen molar-refractivity contribution in [3.8, 4) is 0 Å². The normalized spacial score (nSPS) is 16.2. The van der Waals surface area contributed by atoms with E-state index in [-0.39, 0.29) is 11.2 Å². The molecule has 1 aliphatic rings. The molecule has 0 atom stereocenters. The maximum absolute atomic E-state index is 11.2. The number of pyridine rings is 1. The van der Waals surface area contributed by atoms with Crippen LogP contribution in [-0.2, 0) is 0 Å². The molecule has 0 spiro atoms. The summed E-state index contributed by atoms with van der Waals surface area (Å²) in [4.78, 5) is 17.9. The molecule has 3 nitrogen and oxygen atoms in total. The van der Waals surface area contributed by atoms with Crippen LogP contribution >= 0.6 is 0 Å². The fourth-order valence-corrected chi connectivity index (χ4v) is 2.34. The molecule has 0 unspecified atom stereocenters. The van der Waals surface area contributed by atoms with Crippen molar-refractivity contribution in [2.75, 3.05) is 18.0 Å². The fraction of sp³-hybridized carbons (Fsp3) is 0.500. The standard InChI is InChI=1S/C16H22N2O/c1-12(19)13-5-6-15(17-11-13)18-9-7-14(8-10-18)16(2,3)4/h5-7,11H,8-10H2,1-4H3. The van der Waals surface area contributed by atoms with Gasteiger partial charge in [0.1, 0.15) is 5.82 Å². The zero-order chi connectivity index (χ0) is 14.0. The minimum absolute atomic E-state index is 0.0626. The summed E-state index contributed by atoms with van der Waals surface area (Å²) in [7, 11) is 0. The van der Waals surface area contributed by atoms with Crippen LogP contribution in [0.2, 0.25) is 0 Å². The van der Waals surface area contributed by atoms with Gasteiger partial charge in [0.25, 0.3) is 0 Å². The second kappa shape index (κ2) is 5.16. The average Bonchev–Trinajstić information content (AvgIpc) is 2.38. The van der Waals surface area contributed by atoms with Gasteiger partial charge in [0.2, 0.25) is 0 Å². The van der Waals surface area contributed by atoms with Crippen LogP contribution < -0.4 is 4.90 Å². The van der Waals surface area contributed by atoms with E-state index in [4.69, 9.17) is 0 Å². The summed E-state index contributed by atoms with van der Waals surface area (Å²) in [6.45, 7) is 10.2. The molecule has 102 valence electrons. The molecular formula is C16H22N2O. The van der Waals surface area contributed by atoms with Gasteiger partial charge in [-0.2, -0.15) is 0 Å². The molecule has 0 N–H and O–H groups in total. The van der Waals surface area contributed by atoms with Crippen LogP contribution in [0.3, 0.4) is 0 Å². The fourth-order valence-electron chi connectivity index (χ4n) is 2.34. The Kier molecular flexibility index (Phi) is 3.74. The van der Waals surface area contributed by atoms with E-state index in [1.54, 1.807) is 13.1 Å². The summed E-state index contributed by atoms with van der Waals surface area (Å²) >= 11 is 0. The highest BCUT2D eigenvalue weighted by Crippen LogP contribution is 2.31. The molecule has 0 aromatic carbocycles. The molecule has 3 heteroatoms. The molecule has 1 aromatic heterocycles. The van der Waals surface area contributed by atoms with E-state index in [0.29, 0.717) is 5.56 Å². The summed E-state index contributed by atoms with van der Waals surface area (Å²) in [6, 6.07) is 3.79. The number of hydrogen-bond acceptors (Lipinski definition) is 3. The quantitative estimate of drug-likeness (QED) is 0.601. The Hall–Kier alpha value is -1.64. The first-order chi connectivity index (χ1) is 8.88. The third kappa shape index (κ3) is 3.22. The highest BCUT2D eigenvalue weighted by molar-refractivity contribution is 5.93. The van der Waals surface area contributed by atoms with E-state index in [1.165, 1.54) is 5.57 Å². The van der Waals surface area contributed by atoms with E-state index in [0.717, 1.165) is 25.3 Å². The minimum Gasteiger partial charge on any atom is -0.353 e. The summed E-state index contributed by atoms with van der Waals surface area (Å²) in [5.74, 6) is 1.02. The molecule has 0 saturated heterocycles. The maximum atomic E-state index is 11.2. The minimum atomic E-state index is 0.0626. The van der Waals surface area contributed by atoms with E-state index in [1.807, 2.05) is 12.1 Å². The van der Waals surface area contributed by atoms with E-state index >= 15 is 0 Å². The second-order valence-electron chi connectivity index (χ2n) is 6.14. The van der Waals surface area contributed by atoms with Crippen molar-refractivity contribution >= 4 is 11.6 Å². The third-order valence-corrected chi connectivity index (χ3v) is 3.65. The first kappa shape index (κ1) is 13.8. The highest BCUT2D eigenvalue weighted by atomic mass is 16.1. The molecule has 0 radical (unpaired) electrons. The predicted octanol–water partition coefficient (Wildman–Crippen LogP) is 3.47. The van der Waals surface area contributed by atoms with Gasteiger partial charge in [-0.25, -0.2) is 4.98 Å². The second-order valence-corrected chi connectivity index (χ2v) is 6.14. The third-order valence-electron chi connectivity index (χ3n) is 3.65. The van der Waals surface area contributed by atoms with Crippen LogP contribution in [0.15, 0.2) is 30.0 Å². The van der Waals surface area contributed by atoms with Gasteiger partial charge in [0.15, 0.2) is 5.78 Å². The van der Waals surface area contributed by atoms with Gasteiger partial charge in [-0.3, -0.25) is 4.79 Å². The number of nitrogens with zero attached hydrogens (tertiary/aromatic N) is 2. The number of carbonyl (C=O) groups excluding carboxylic acids is 1. The molecule has 0 fully saturated rings. The Morgan fingerprint density at radius 3 is 2.47 bits per heavy atom. The number of Topliss-reactive ketones (excluding diaryl/α,β-unsaturated/α-hetero) is 1. The van der Waals surface area contributed by atoms with Crippen molar-refractivity contribution < 1.29 is 4.79 Å². The Morgan fingerprint density at radius 2 is 2.05 bits per heavy atom. The largest absolute Gasteiger partial charge is 0.353 e. The monoisotopic (exact) mass is 258 g/mol. The predicted molar refractivity (Wildman–Crippen MR) is 78.6 cm³/mol. The van der Waals surface area contributed by atoms with E-state index in [9.17, 15) is 4.79 Å². The summed E-state index contributed by atoms with van der Waals surface area (Å²) in [5, 5.41) is 0. The zero-order valence-corrected chi connectivity index (χ0v) is 12.2. The summed E-state index contributed by atoms with van der Waals surface area (Å²) < 4.78 is 0. The number of hydrogen-bond donors (Lipinski definition) is 0. The molecule has 0 saturated carbocycles. The lowest BCUT2D eigenvalue weighted by molar-refractivity contribution is 0.101. The van der Waals surface area contributed by atoms with Crippen LogP contribution in [0.25, 0.3) is 0 Å². The Labute approximate surface area is 115 Å². The van der Waals surface area contributed by atoms with Gasteiger partial charge < -0.3 is 4.90 Å². The SMILES string of the molecule is CC(=O)c1ccc(N2CC=C(C(C)(C)C)CC2)nc1. The van der Waals surface area contributed by atoms with Crippen molar-refractivity contribution in [3.63, 3.8) is 0 Å². The van der Waals surface area contributed by atoms with Gasteiger partial charge >= 0.3 is 0 Å². The lowest BCUT2D eigenvalue weighted by Gasteiger charge is -2.32. The summed E-state index contributed by atoms with van der Waals surface area (Å²) in [5.41, 5.74) is 2.45. The molecule has 1 aliphatic heterocycles.